The lowest BCUT2D eigenvalue weighted by molar-refractivity contribution is -0.141. The maximum atomic E-state index is 13.5. The Labute approximate surface area is 214 Å². The molecule has 0 saturated carbocycles. The minimum atomic E-state index is -0.318. The van der Waals surface area contributed by atoms with Crippen LogP contribution in [0.25, 0.3) is 0 Å². The Morgan fingerprint density at radius 2 is 1.69 bits per heavy atom. The van der Waals surface area contributed by atoms with Crippen molar-refractivity contribution in [2.24, 2.45) is 0 Å². The van der Waals surface area contributed by atoms with Gasteiger partial charge in [0.15, 0.2) is 0 Å². The topological polar surface area (TPSA) is 66.2 Å². The summed E-state index contributed by atoms with van der Waals surface area (Å²) >= 11 is 0. The van der Waals surface area contributed by atoms with E-state index in [2.05, 4.69) is 11.8 Å². The Kier molecular flexibility index (Phi) is 11.9. The summed E-state index contributed by atoms with van der Waals surface area (Å²) < 4.78 is 24.3. The highest BCUT2D eigenvalue weighted by Crippen LogP contribution is 2.14. The zero-order valence-corrected chi connectivity index (χ0v) is 21.5. The third-order valence-corrected chi connectivity index (χ3v) is 6.53. The summed E-state index contributed by atoms with van der Waals surface area (Å²) in [4.78, 5) is 32.3. The van der Waals surface area contributed by atoms with Gasteiger partial charge in [-0.3, -0.25) is 14.5 Å². The molecule has 0 radical (unpaired) electrons. The maximum Gasteiger partial charge on any atom is 0.242 e. The van der Waals surface area contributed by atoms with E-state index in [0.29, 0.717) is 45.0 Å². The summed E-state index contributed by atoms with van der Waals surface area (Å²) in [7, 11) is 0. The van der Waals surface area contributed by atoms with Crippen molar-refractivity contribution in [1.82, 2.24) is 14.7 Å². The minimum Gasteiger partial charge on any atom is -0.467 e. The van der Waals surface area contributed by atoms with Gasteiger partial charge in [0.05, 0.1) is 32.6 Å². The van der Waals surface area contributed by atoms with E-state index >= 15 is 0 Å². The number of furan rings is 1. The van der Waals surface area contributed by atoms with E-state index < -0.39 is 0 Å². The van der Waals surface area contributed by atoms with E-state index in [1.54, 1.807) is 34.3 Å². The molecule has 1 saturated heterocycles. The fourth-order valence-corrected chi connectivity index (χ4v) is 4.31. The van der Waals surface area contributed by atoms with Crippen LogP contribution in [0.2, 0.25) is 0 Å². The van der Waals surface area contributed by atoms with Crippen LogP contribution in [-0.2, 0) is 27.4 Å². The van der Waals surface area contributed by atoms with E-state index in [4.69, 9.17) is 9.15 Å². The van der Waals surface area contributed by atoms with Crippen LogP contribution in [0.4, 0.5) is 4.39 Å². The quantitative estimate of drug-likeness (QED) is 0.337. The highest BCUT2D eigenvalue weighted by molar-refractivity contribution is 5.84. The second kappa shape index (κ2) is 15.4. The van der Waals surface area contributed by atoms with Gasteiger partial charge in [0.1, 0.15) is 11.6 Å². The van der Waals surface area contributed by atoms with E-state index in [1.807, 2.05) is 6.07 Å². The fourth-order valence-electron chi connectivity index (χ4n) is 4.31. The molecule has 0 spiro atoms. The molecule has 2 heterocycles. The smallest absolute Gasteiger partial charge is 0.242 e. The molecule has 0 atom stereocenters. The number of carbonyl (C=O) groups is 2. The lowest BCUT2D eigenvalue weighted by Gasteiger charge is -2.31. The molecule has 0 aliphatic carbocycles. The SMILES string of the molecule is CCCCCCCC(=O)N(CCN1CCOCC1)CC(=O)N(Cc1ccc(F)cc1)Cc1ccco1. The number of hydrogen-bond acceptors (Lipinski definition) is 5. The van der Waals surface area contributed by atoms with Gasteiger partial charge in [-0.05, 0) is 36.2 Å². The Balaban J connectivity index is 1.66. The molecule has 7 nitrogen and oxygen atoms in total. The first-order valence-electron chi connectivity index (χ1n) is 13.2. The third-order valence-electron chi connectivity index (χ3n) is 6.53. The lowest BCUT2D eigenvalue weighted by atomic mass is 10.1. The largest absolute Gasteiger partial charge is 0.467 e. The van der Waals surface area contributed by atoms with Crippen molar-refractivity contribution in [3.63, 3.8) is 0 Å². The molecule has 198 valence electrons. The van der Waals surface area contributed by atoms with Gasteiger partial charge in [0.2, 0.25) is 11.8 Å². The Morgan fingerprint density at radius 1 is 0.944 bits per heavy atom. The molecule has 3 rings (SSSR count). The van der Waals surface area contributed by atoms with Crippen LogP contribution in [0.15, 0.2) is 47.1 Å². The molecule has 1 aromatic heterocycles. The number of hydrogen-bond donors (Lipinski definition) is 0. The number of benzene rings is 1. The summed E-state index contributed by atoms with van der Waals surface area (Å²) in [6, 6.07) is 9.74. The molecule has 1 aromatic carbocycles. The summed E-state index contributed by atoms with van der Waals surface area (Å²) in [6.45, 7) is 7.06. The first-order chi connectivity index (χ1) is 17.5. The molecule has 2 amide bonds. The number of halogens is 1. The van der Waals surface area contributed by atoms with Gasteiger partial charge in [-0.1, -0.05) is 44.7 Å². The van der Waals surface area contributed by atoms with Crippen molar-refractivity contribution in [1.29, 1.82) is 0 Å². The molecule has 1 aliphatic rings. The van der Waals surface area contributed by atoms with Gasteiger partial charge in [0.25, 0.3) is 0 Å². The van der Waals surface area contributed by atoms with Crippen LogP contribution in [0.3, 0.4) is 0 Å². The van der Waals surface area contributed by atoms with Crippen LogP contribution in [0.5, 0.6) is 0 Å². The average molecular weight is 502 g/mol. The molecule has 2 aromatic rings. The maximum absolute atomic E-state index is 13.5. The average Bonchev–Trinajstić information content (AvgIpc) is 3.41. The minimum absolute atomic E-state index is 0.0139. The van der Waals surface area contributed by atoms with Crippen molar-refractivity contribution < 1.29 is 23.1 Å². The molecule has 0 unspecified atom stereocenters. The second-order valence-electron chi connectivity index (χ2n) is 9.39. The van der Waals surface area contributed by atoms with E-state index in [0.717, 1.165) is 44.3 Å². The van der Waals surface area contributed by atoms with Crippen molar-refractivity contribution in [3.05, 3.63) is 59.8 Å². The van der Waals surface area contributed by atoms with Crippen LogP contribution < -0.4 is 0 Å². The zero-order valence-electron chi connectivity index (χ0n) is 21.5. The van der Waals surface area contributed by atoms with Crippen molar-refractivity contribution in [2.75, 3.05) is 45.9 Å². The van der Waals surface area contributed by atoms with E-state index in [-0.39, 0.29) is 30.7 Å². The highest BCUT2D eigenvalue weighted by atomic mass is 19.1. The standard InChI is InChI=1S/C28H40FN3O4/c1-2-3-4-5-6-9-27(33)31(15-14-30-16-19-35-20-17-30)23-28(34)32(22-26-8-7-18-36-26)21-24-10-12-25(29)13-11-24/h7-8,10-13,18H,2-6,9,14-17,19-23H2,1H3. The number of amides is 2. The van der Waals surface area contributed by atoms with Crippen molar-refractivity contribution in [3.8, 4) is 0 Å². The Hall–Kier alpha value is -2.71. The Bertz CT molecular complexity index is 898. The van der Waals surface area contributed by atoms with Gasteiger partial charge in [-0.25, -0.2) is 4.39 Å². The lowest BCUT2D eigenvalue weighted by Crippen LogP contribution is -2.47. The van der Waals surface area contributed by atoms with Crippen LogP contribution in [0, 0.1) is 5.82 Å². The first kappa shape index (κ1) is 27.9. The summed E-state index contributed by atoms with van der Waals surface area (Å²) in [6.07, 6.45) is 7.37. The van der Waals surface area contributed by atoms with Crippen LogP contribution >= 0.6 is 0 Å². The van der Waals surface area contributed by atoms with Crippen LogP contribution in [-0.4, -0.2) is 72.5 Å². The molecule has 8 heteroatoms. The van der Waals surface area contributed by atoms with E-state index in [9.17, 15) is 14.0 Å². The number of rotatable bonds is 15. The predicted molar refractivity (Wildman–Crippen MR) is 137 cm³/mol. The summed E-state index contributed by atoms with van der Waals surface area (Å²) in [5.41, 5.74) is 0.818. The normalized spacial score (nSPS) is 14.1. The summed E-state index contributed by atoms with van der Waals surface area (Å²) in [5.74, 6) is 0.207. The van der Waals surface area contributed by atoms with Gasteiger partial charge in [0, 0.05) is 39.1 Å². The van der Waals surface area contributed by atoms with Crippen molar-refractivity contribution in [2.45, 2.75) is 58.5 Å². The number of morpholine rings is 1. The predicted octanol–water partition coefficient (Wildman–Crippen LogP) is 4.47. The summed E-state index contributed by atoms with van der Waals surface area (Å²) in [5, 5.41) is 0. The molecular formula is C28H40FN3O4. The fraction of sp³-hybridized carbons (Fsp3) is 0.571. The highest BCUT2D eigenvalue weighted by Gasteiger charge is 2.23. The van der Waals surface area contributed by atoms with Crippen molar-refractivity contribution >= 4 is 11.8 Å². The zero-order chi connectivity index (χ0) is 25.6. The third kappa shape index (κ3) is 9.74. The number of ether oxygens (including phenoxy) is 1. The van der Waals surface area contributed by atoms with Gasteiger partial charge >= 0.3 is 0 Å². The number of nitrogens with zero attached hydrogens (tertiary/aromatic N) is 3. The Morgan fingerprint density at radius 3 is 2.39 bits per heavy atom. The molecule has 1 aliphatic heterocycles. The molecule has 1 fully saturated rings. The van der Waals surface area contributed by atoms with E-state index in [1.165, 1.54) is 18.6 Å². The monoisotopic (exact) mass is 501 g/mol. The van der Waals surface area contributed by atoms with Crippen LogP contribution in [0.1, 0.15) is 56.8 Å². The molecule has 0 N–H and O–H groups in total. The molecule has 0 bridgehead atoms. The first-order valence-corrected chi connectivity index (χ1v) is 13.2. The second-order valence-corrected chi connectivity index (χ2v) is 9.39. The van der Waals surface area contributed by atoms with Gasteiger partial charge in [-0.15, -0.1) is 0 Å². The number of unbranched alkanes of at least 4 members (excludes halogenated alkanes) is 4. The van der Waals surface area contributed by atoms with Gasteiger partial charge in [-0.2, -0.15) is 0 Å². The molecule has 36 heavy (non-hydrogen) atoms. The molecular weight excluding hydrogens is 461 g/mol. The number of carbonyl (C=O) groups excluding carboxylic acids is 2. The van der Waals surface area contributed by atoms with Gasteiger partial charge < -0.3 is 19.0 Å².